The van der Waals surface area contributed by atoms with Crippen LogP contribution in [0.3, 0.4) is 0 Å². The molecule has 1 N–H and O–H groups in total. The van der Waals surface area contributed by atoms with E-state index in [0.29, 0.717) is 34.3 Å². The molecule has 5 nitrogen and oxygen atoms in total. The minimum Gasteiger partial charge on any atom is -0.481 e. The van der Waals surface area contributed by atoms with Crippen molar-refractivity contribution in [1.82, 2.24) is 0 Å². The second-order valence-electron chi connectivity index (χ2n) is 6.42. The van der Waals surface area contributed by atoms with Gasteiger partial charge in [-0.2, -0.15) is 0 Å². The summed E-state index contributed by atoms with van der Waals surface area (Å²) in [4.78, 5) is 11.3. The van der Waals surface area contributed by atoms with Crippen LogP contribution in [-0.4, -0.2) is 25.2 Å². The van der Waals surface area contributed by atoms with Gasteiger partial charge in [0.15, 0.2) is 9.84 Å². The Morgan fingerprint density at radius 2 is 1.79 bits per heavy atom. The van der Waals surface area contributed by atoms with E-state index in [2.05, 4.69) is 0 Å². The monoisotopic (exact) mass is 402 g/mol. The summed E-state index contributed by atoms with van der Waals surface area (Å²) in [6.45, 7) is 1.80. The van der Waals surface area contributed by atoms with Gasteiger partial charge in [-0.25, -0.2) is 12.8 Å². The summed E-state index contributed by atoms with van der Waals surface area (Å²) in [6.07, 6.45) is 0.326. The van der Waals surface area contributed by atoms with E-state index in [9.17, 15) is 17.6 Å². The van der Waals surface area contributed by atoms with E-state index >= 15 is 0 Å². The number of ether oxygens (including phenoxy) is 1. The maximum Gasteiger partial charge on any atom is 0.307 e. The quantitative estimate of drug-likeness (QED) is 0.626. The summed E-state index contributed by atoms with van der Waals surface area (Å²) in [5.41, 5.74) is 0.517. The van der Waals surface area contributed by atoms with Crippen LogP contribution < -0.4 is 4.74 Å². The van der Waals surface area contributed by atoms with Crippen LogP contribution in [-0.2, 0) is 21.1 Å². The summed E-state index contributed by atoms with van der Waals surface area (Å²) < 4.78 is 43.8. The number of rotatable bonds is 7. The first-order valence-corrected chi connectivity index (χ1v) is 10.4. The molecule has 146 valence electrons. The van der Waals surface area contributed by atoms with E-state index in [1.54, 1.807) is 25.1 Å². The van der Waals surface area contributed by atoms with Gasteiger partial charge in [-0.05, 0) is 59.8 Å². The minimum atomic E-state index is -3.33. The van der Waals surface area contributed by atoms with Crippen molar-refractivity contribution >= 4 is 26.6 Å². The summed E-state index contributed by atoms with van der Waals surface area (Å²) in [5.74, 6) is -0.693. The normalized spacial score (nSPS) is 11.5. The number of carbonyl (C=O) groups is 1. The molecule has 0 aliphatic carbocycles. The molecule has 28 heavy (non-hydrogen) atoms. The summed E-state index contributed by atoms with van der Waals surface area (Å²) in [5, 5.41) is 10.2. The van der Waals surface area contributed by atoms with Crippen LogP contribution in [0.1, 0.15) is 18.9 Å². The van der Waals surface area contributed by atoms with Crippen molar-refractivity contribution in [2.75, 3.05) is 5.75 Å². The van der Waals surface area contributed by atoms with Crippen molar-refractivity contribution in [2.24, 2.45) is 0 Å². The van der Waals surface area contributed by atoms with E-state index in [1.807, 2.05) is 0 Å². The van der Waals surface area contributed by atoms with Gasteiger partial charge in [0.25, 0.3) is 0 Å². The van der Waals surface area contributed by atoms with Gasteiger partial charge in [0, 0.05) is 5.39 Å². The van der Waals surface area contributed by atoms with E-state index in [4.69, 9.17) is 9.84 Å². The molecule has 0 radical (unpaired) electrons. The number of carboxylic acid groups (broad SMARTS) is 1. The second kappa shape index (κ2) is 7.98. The third-order valence-corrected chi connectivity index (χ3v) is 6.11. The lowest BCUT2D eigenvalue weighted by Crippen LogP contribution is -2.05. The molecule has 0 saturated carbocycles. The number of carboxylic acids is 1. The number of aliphatic carboxylic acids is 1. The number of fused-ring (bicyclic) bond motifs is 1. The van der Waals surface area contributed by atoms with Crippen LogP contribution in [0.25, 0.3) is 10.8 Å². The van der Waals surface area contributed by atoms with Gasteiger partial charge >= 0.3 is 5.97 Å². The molecule has 0 aromatic heterocycles. The molecular weight excluding hydrogens is 383 g/mol. The smallest absolute Gasteiger partial charge is 0.307 e. The second-order valence-corrected chi connectivity index (χ2v) is 8.53. The minimum absolute atomic E-state index is 0.0638. The number of halogens is 1. The average Bonchev–Trinajstić information content (AvgIpc) is 2.62. The number of hydrogen-bond donors (Lipinski definition) is 1. The van der Waals surface area contributed by atoms with Gasteiger partial charge in [0.2, 0.25) is 0 Å². The molecule has 0 amide bonds. The van der Waals surface area contributed by atoms with Crippen LogP contribution >= 0.6 is 0 Å². The summed E-state index contributed by atoms with van der Waals surface area (Å²) >= 11 is 0. The van der Waals surface area contributed by atoms with E-state index in [1.165, 1.54) is 36.4 Å². The summed E-state index contributed by atoms with van der Waals surface area (Å²) in [7, 11) is -3.33. The molecule has 3 rings (SSSR count). The molecule has 0 aliphatic heterocycles. The summed E-state index contributed by atoms with van der Waals surface area (Å²) in [6, 6.07) is 13.4. The van der Waals surface area contributed by atoms with Crippen LogP contribution in [0.4, 0.5) is 4.39 Å². The van der Waals surface area contributed by atoms with Crippen LogP contribution in [0.15, 0.2) is 59.5 Å². The Hall–Kier alpha value is -2.93. The van der Waals surface area contributed by atoms with E-state index in [0.717, 1.165) is 0 Å². The molecule has 0 aliphatic rings. The van der Waals surface area contributed by atoms with Crippen molar-refractivity contribution in [3.63, 3.8) is 0 Å². The first-order valence-electron chi connectivity index (χ1n) is 8.73. The third kappa shape index (κ3) is 4.48. The van der Waals surface area contributed by atoms with Crippen molar-refractivity contribution in [1.29, 1.82) is 0 Å². The molecule has 0 saturated heterocycles. The predicted octanol–water partition coefficient (Wildman–Crippen LogP) is 4.58. The Labute approximate surface area is 162 Å². The van der Waals surface area contributed by atoms with Gasteiger partial charge in [-0.3, -0.25) is 4.79 Å². The van der Waals surface area contributed by atoms with Gasteiger partial charge < -0.3 is 9.84 Å². The Balaban J connectivity index is 1.98. The molecule has 0 unspecified atom stereocenters. The molecule has 7 heteroatoms. The van der Waals surface area contributed by atoms with Crippen molar-refractivity contribution in [3.8, 4) is 11.5 Å². The largest absolute Gasteiger partial charge is 0.481 e. The zero-order valence-electron chi connectivity index (χ0n) is 15.2. The molecule has 0 atom stereocenters. The molecule has 3 aromatic carbocycles. The molecule has 3 aromatic rings. The van der Waals surface area contributed by atoms with Gasteiger partial charge in [0.05, 0.1) is 17.1 Å². The van der Waals surface area contributed by atoms with Crippen molar-refractivity contribution in [2.45, 2.75) is 24.7 Å². The maximum absolute atomic E-state index is 13.7. The van der Waals surface area contributed by atoms with Crippen LogP contribution in [0, 0.1) is 5.82 Å². The average molecular weight is 402 g/mol. The topological polar surface area (TPSA) is 80.7 Å². The Kier molecular flexibility index (Phi) is 5.65. The highest BCUT2D eigenvalue weighted by Crippen LogP contribution is 2.33. The predicted molar refractivity (Wildman–Crippen MR) is 104 cm³/mol. The molecule has 0 fully saturated rings. The maximum atomic E-state index is 13.7. The number of sulfone groups is 1. The fourth-order valence-electron chi connectivity index (χ4n) is 2.94. The standard InChI is InChI=1S/C21H19FO5S/c1-2-9-28(25,26)18-7-5-17(6-8-18)27-20-11-14(12-21(23)24)10-15-3-4-16(22)13-19(15)20/h3-8,10-11,13H,2,9,12H2,1H3,(H,23,24). The molecule has 0 spiro atoms. The zero-order valence-corrected chi connectivity index (χ0v) is 16.0. The lowest BCUT2D eigenvalue weighted by molar-refractivity contribution is -0.136. The first-order chi connectivity index (χ1) is 13.3. The lowest BCUT2D eigenvalue weighted by Gasteiger charge is -2.12. The fourth-order valence-corrected chi connectivity index (χ4v) is 4.27. The zero-order chi connectivity index (χ0) is 20.3. The van der Waals surface area contributed by atoms with Gasteiger partial charge in [-0.1, -0.05) is 19.1 Å². The fraction of sp³-hybridized carbons (Fsp3) is 0.190. The number of benzene rings is 3. The Morgan fingerprint density at radius 3 is 2.43 bits per heavy atom. The van der Waals surface area contributed by atoms with Crippen molar-refractivity contribution in [3.05, 3.63) is 66.0 Å². The highest BCUT2D eigenvalue weighted by Gasteiger charge is 2.14. The van der Waals surface area contributed by atoms with Crippen molar-refractivity contribution < 1.29 is 27.4 Å². The Morgan fingerprint density at radius 1 is 1.07 bits per heavy atom. The van der Waals surface area contributed by atoms with Crippen LogP contribution in [0.2, 0.25) is 0 Å². The van der Waals surface area contributed by atoms with Crippen LogP contribution in [0.5, 0.6) is 11.5 Å². The third-order valence-electron chi connectivity index (χ3n) is 4.18. The van der Waals surface area contributed by atoms with Gasteiger partial charge in [-0.15, -0.1) is 0 Å². The molecule has 0 heterocycles. The highest BCUT2D eigenvalue weighted by molar-refractivity contribution is 7.91. The van der Waals surface area contributed by atoms with Gasteiger partial charge in [0.1, 0.15) is 17.3 Å². The highest BCUT2D eigenvalue weighted by atomic mass is 32.2. The first kappa shape index (κ1) is 19.8. The number of hydrogen-bond acceptors (Lipinski definition) is 4. The van der Waals surface area contributed by atoms with E-state index in [-0.39, 0.29) is 17.1 Å². The SMILES string of the molecule is CCCS(=O)(=O)c1ccc(Oc2cc(CC(=O)O)cc3ccc(F)cc23)cc1. The van der Waals surface area contributed by atoms with E-state index < -0.39 is 21.6 Å². The lowest BCUT2D eigenvalue weighted by atomic mass is 10.0. The Bertz CT molecular complexity index is 1120. The molecular formula is C21H19FO5S. The molecule has 0 bridgehead atoms.